The summed E-state index contributed by atoms with van der Waals surface area (Å²) in [7, 11) is 0. The molecule has 0 fully saturated rings. The zero-order valence-corrected chi connectivity index (χ0v) is 10.2. The van der Waals surface area contributed by atoms with Crippen molar-refractivity contribution in [2.75, 3.05) is 0 Å². The fourth-order valence-electron chi connectivity index (χ4n) is 2.04. The molecule has 1 unspecified atom stereocenters. The molecule has 1 atom stereocenters. The van der Waals surface area contributed by atoms with E-state index in [1.165, 1.54) is 5.56 Å². The van der Waals surface area contributed by atoms with E-state index in [0.29, 0.717) is 0 Å². The Hall–Kier alpha value is -1.61. The Morgan fingerprint density at radius 2 is 2.06 bits per heavy atom. The van der Waals surface area contributed by atoms with Crippen LogP contribution in [0.1, 0.15) is 30.8 Å². The number of rotatable bonds is 5. The highest BCUT2D eigenvalue weighted by atomic mass is 15.1. The van der Waals surface area contributed by atoms with Crippen LogP contribution < -0.4 is 5.73 Å². The molecule has 3 nitrogen and oxygen atoms in total. The predicted molar refractivity (Wildman–Crippen MR) is 69.6 cm³/mol. The van der Waals surface area contributed by atoms with Crippen LogP contribution in [0.4, 0.5) is 0 Å². The molecule has 0 amide bonds. The summed E-state index contributed by atoms with van der Waals surface area (Å²) in [5, 5.41) is 0. The standard InChI is InChI=1S/C14H19N3/c1-2-9-17-10-8-16-14(17)13(15)11-12-6-4-3-5-7-12/h3-8,10,13H,2,9,11,15H2,1H3. The largest absolute Gasteiger partial charge is 0.334 e. The van der Waals surface area contributed by atoms with Crippen LogP contribution in [-0.4, -0.2) is 9.55 Å². The monoisotopic (exact) mass is 229 g/mol. The molecular formula is C14H19N3. The molecule has 17 heavy (non-hydrogen) atoms. The van der Waals surface area contributed by atoms with E-state index in [2.05, 4.69) is 28.6 Å². The second-order valence-corrected chi connectivity index (χ2v) is 4.28. The highest BCUT2D eigenvalue weighted by Gasteiger charge is 2.12. The Kier molecular flexibility index (Phi) is 3.94. The van der Waals surface area contributed by atoms with E-state index in [-0.39, 0.29) is 6.04 Å². The number of aryl methyl sites for hydroxylation is 1. The summed E-state index contributed by atoms with van der Waals surface area (Å²) in [5.41, 5.74) is 7.47. The number of imidazole rings is 1. The Bertz CT molecular complexity index is 448. The molecule has 0 saturated heterocycles. The molecule has 2 aromatic rings. The highest BCUT2D eigenvalue weighted by Crippen LogP contribution is 2.14. The number of nitrogens with two attached hydrogens (primary N) is 1. The number of hydrogen-bond acceptors (Lipinski definition) is 2. The van der Waals surface area contributed by atoms with E-state index in [4.69, 9.17) is 5.73 Å². The van der Waals surface area contributed by atoms with Gasteiger partial charge in [0.2, 0.25) is 0 Å². The van der Waals surface area contributed by atoms with Crippen LogP contribution in [0.15, 0.2) is 42.7 Å². The second-order valence-electron chi connectivity index (χ2n) is 4.28. The van der Waals surface area contributed by atoms with Crippen molar-refractivity contribution < 1.29 is 0 Å². The minimum atomic E-state index is -0.0288. The number of hydrogen-bond donors (Lipinski definition) is 1. The van der Waals surface area contributed by atoms with Gasteiger partial charge in [-0.05, 0) is 18.4 Å². The maximum absolute atomic E-state index is 6.22. The van der Waals surface area contributed by atoms with Crippen molar-refractivity contribution in [3.05, 3.63) is 54.1 Å². The SMILES string of the molecule is CCCn1ccnc1C(N)Cc1ccccc1. The van der Waals surface area contributed by atoms with Crippen LogP contribution >= 0.6 is 0 Å². The van der Waals surface area contributed by atoms with E-state index in [1.807, 2.05) is 30.6 Å². The van der Waals surface area contributed by atoms with Crippen molar-refractivity contribution in [3.8, 4) is 0 Å². The molecule has 90 valence electrons. The minimum Gasteiger partial charge on any atom is -0.334 e. The van der Waals surface area contributed by atoms with Crippen molar-refractivity contribution in [1.29, 1.82) is 0 Å². The van der Waals surface area contributed by atoms with Crippen molar-refractivity contribution in [3.63, 3.8) is 0 Å². The molecule has 0 saturated carbocycles. The average molecular weight is 229 g/mol. The summed E-state index contributed by atoms with van der Waals surface area (Å²) in [6.45, 7) is 3.14. The van der Waals surface area contributed by atoms with Crippen molar-refractivity contribution >= 4 is 0 Å². The summed E-state index contributed by atoms with van der Waals surface area (Å²) in [5.74, 6) is 0.982. The normalized spacial score (nSPS) is 12.6. The van der Waals surface area contributed by atoms with Crippen LogP contribution in [0.25, 0.3) is 0 Å². The van der Waals surface area contributed by atoms with Gasteiger partial charge in [-0.2, -0.15) is 0 Å². The lowest BCUT2D eigenvalue weighted by Gasteiger charge is -2.13. The summed E-state index contributed by atoms with van der Waals surface area (Å²) in [4.78, 5) is 4.37. The van der Waals surface area contributed by atoms with Gasteiger partial charge >= 0.3 is 0 Å². The van der Waals surface area contributed by atoms with Gasteiger partial charge in [0.25, 0.3) is 0 Å². The van der Waals surface area contributed by atoms with Crippen LogP contribution in [0, 0.1) is 0 Å². The number of aromatic nitrogens is 2. The maximum Gasteiger partial charge on any atom is 0.125 e. The lowest BCUT2D eigenvalue weighted by molar-refractivity contribution is 0.574. The third kappa shape index (κ3) is 2.94. The van der Waals surface area contributed by atoms with Crippen molar-refractivity contribution in [1.82, 2.24) is 9.55 Å². The van der Waals surface area contributed by atoms with E-state index < -0.39 is 0 Å². The summed E-state index contributed by atoms with van der Waals surface area (Å²) in [6.07, 6.45) is 5.77. The van der Waals surface area contributed by atoms with Gasteiger partial charge in [-0.25, -0.2) is 4.98 Å². The first kappa shape index (κ1) is 11.9. The minimum absolute atomic E-state index is 0.0288. The molecule has 1 aromatic carbocycles. The number of nitrogens with zero attached hydrogens (tertiary/aromatic N) is 2. The van der Waals surface area contributed by atoms with Crippen LogP contribution in [0.5, 0.6) is 0 Å². The van der Waals surface area contributed by atoms with E-state index in [9.17, 15) is 0 Å². The van der Waals surface area contributed by atoms with Crippen LogP contribution in [0.3, 0.4) is 0 Å². The molecule has 3 heteroatoms. The summed E-state index contributed by atoms with van der Waals surface area (Å²) in [6, 6.07) is 10.3. The van der Waals surface area contributed by atoms with Crippen LogP contribution in [0.2, 0.25) is 0 Å². The lowest BCUT2D eigenvalue weighted by Crippen LogP contribution is -2.19. The maximum atomic E-state index is 6.22. The fraction of sp³-hybridized carbons (Fsp3) is 0.357. The van der Waals surface area contributed by atoms with Gasteiger partial charge in [-0.15, -0.1) is 0 Å². The van der Waals surface area contributed by atoms with Crippen molar-refractivity contribution in [2.24, 2.45) is 5.73 Å². The van der Waals surface area contributed by atoms with E-state index >= 15 is 0 Å². The Morgan fingerprint density at radius 3 is 2.76 bits per heavy atom. The van der Waals surface area contributed by atoms with Gasteiger partial charge in [0, 0.05) is 18.9 Å². The van der Waals surface area contributed by atoms with Crippen LogP contribution in [-0.2, 0) is 13.0 Å². The number of benzene rings is 1. The van der Waals surface area contributed by atoms with Gasteiger partial charge in [0.1, 0.15) is 5.82 Å². The van der Waals surface area contributed by atoms with Crippen molar-refractivity contribution in [2.45, 2.75) is 32.4 Å². The molecule has 2 N–H and O–H groups in total. The third-order valence-electron chi connectivity index (χ3n) is 2.84. The molecule has 1 heterocycles. The lowest BCUT2D eigenvalue weighted by atomic mass is 10.1. The highest BCUT2D eigenvalue weighted by molar-refractivity contribution is 5.17. The molecule has 0 aliphatic heterocycles. The second kappa shape index (κ2) is 5.64. The van der Waals surface area contributed by atoms with Gasteiger partial charge in [-0.3, -0.25) is 0 Å². The molecule has 1 aromatic heterocycles. The van der Waals surface area contributed by atoms with Gasteiger partial charge < -0.3 is 10.3 Å². The van der Waals surface area contributed by atoms with Gasteiger partial charge in [0.15, 0.2) is 0 Å². The molecule has 0 bridgehead atoms. The zero-order chi connectivity index (χ0) is 12.1. The van der Waals surface area contributed by atoms with Gasteiger partial charge in [-0.1, -0.05) is 37.3 Å². The average Bonchev–Trinajstić information content (AvgIpc) is 2.79. The first-order chi connectivity index (χ1) is 8.31. The topological polar surface area (TPSA) is 43.8 Å². The zero-order valence-electron chi connectivity index (χ0n) is 10.2. The molecular weight excluding hydrogens is 210 g/mol. The molecule has 0 aliphatic carbocycles. The van der Waals surface area contributed by atoms with Gasteiger partial charge in [0.05, 0.1) is 6.04 Å². The summed E-state index contributed by atoms with van der Waals surface area (Å²) < 4.78 is 2.15. The fourth-order valence-corrected chi connectivity index (χ4v) is 2.04. The molecule has 0 radical (unpaired) electrons. The molecule has 0 spiro atoms. The summed E-state index contributed by atoms with van der Waals surface area (Å²) >= 11 is 0. The van der Waals surface area contributed by atoms with E-state index in [1.54, 1.807) is 0 Å². The first-order valence-corrected chi connectivity index (χ1v) is 6.11. The Balaban J connectivity index is 2.09. The third-order valence-corrected chi connectivity index (χ3v) is 2.84. The first-order valence-electron chi connectivity index (χ1n) is 6.11. The molecule has 2 rings (SSSR count). The van der Waals surface area contributed by atoms with E-state index in [0.717, 1.165) is 25.2 Å². The Labute approximate surface area is 102 Å². The predicted octanol–water partition coefficient (Wildman–Crippen LogP) is 2.54. The Morgan fingerprint density at radius 1 is 1.29 bits per heavy atom. The molecule has 0 aliphatic rings. The smallest absolute Gasteiger partial charge is 0.125 e. The quantitative estimate of drug-likeness (QED) is 0.856.